The lowest BCUT2D eigenvalue weighted by Gasteiger charge is -2.34. The molecule has 6 heteroatoms. The second-order valence-corrected chi connectivity index (χ2v) is 10.6. The minimum Gasteiger partial charge on any atom is -0.491 e. The van der Waals surface area contributed by atoms with Crippen molar-refractivity contribution >= 4 is 5.91 Å². The molecule has 0 aliphatic carbocycles. The minimum atomic E-state index is 0.0253. The van der Waals surface area contributed by atoms with Gasteiger partial charge >= 0.3 is 0 Å². The van der Waals surface area contributed by atoms with Gasteiger partial charge < -0.3 is 19.1 Å². The Balaban J connectivity index is 1.33. The summed E-state index contributed by atoms with van der Waals surface area (Å²) in [4.78, 5) is 17.7. The van der Waals surface area contributed by atoms with Crippen molar-refractivity contribution in [2.24, 2.45) is 0 Å². The smallest absolute Gasteiger partial charge is 0.253 e. The maximum atomic E-state index is 13.3. The molecular formula is C33H40N2O4. The summed E-state index contributed by atoms with van der Waals surface area (Å²) >= 11 is 0. The fourth-order valence-corrected chi connectivity index (χ4v) is 5.48. The molecule has 2 aliphatic rings. The van der Waals surface area contributed by atoms with Crippen LogP contribution in [0.2, 0.25) is 0 Å². The number of amides is 1. The van der Waals surface area contributed by atoms with Crippen LogP contribution < -0.4 is 4.74 Å². The maximum absolute atomic E-state index is 13.3. The molecule has 206 valence electrons. The molecule has 39 heavy (non-hydrogen) atoms. The molecule has 0 saturated carbocycles. The molecule has 0 atom stereocenters. The monoisotopic (exact) mass is 528 g/mol. The second kappa shape index (κ2) is 13.7. The fourth-order valence-electron chi connectivity index (χ4n) is 5.48. The van der Waals surface area contributed by atoms with E-state index in [4.69, 9.17) is 14.2 Å². The summed E-state index contributed by atoms with van der Waals surface area (Å²) in [5.74, 6) is 0.839. The van der Waals surface area contributed by atoms with Crippen LogP contribution in [-0.2, 0) is 28.9 Å². The van der Waals surface area contributed by atoms with Gasteiger partial charge in [0.05, 0.1) is 13.2 Å². The van der Waals surface area contributed by atoms with E-state index in [2.05, 4.69) is 41.3 Å². The molecule has 1 saturated heterocycles. The van der Waals surface area contributed by atoms with Crippen LogP contribution in [0.1, 0.15) is 45.5 Å². The summed E-state index contributed by atoms with van der Waals surface area (Å²) in [6, 6.07) is 25.4. The average Bonchev–Trinajstić information content (AvgIpc) is 2.98. The molecular weight excluding hydrogens is 488 g/mol. The molecule has 0 spiro atoms. The topological polar surface area (TPSA) is 51.2 Å². The van der Waals surface area contributed by atoms with Crippen molar-refractivity contribution in [3.05, 3.63) is 101 Å². The Morgan fingerprint density at radius 2 is 1.67 bits per heavy atom. The summed E-state index contributed by atoms with van der Waals surface area (Å²) in [5.41, 5.74) is 5.46. The van der Waals surface area contributed by atoms with Gasteiger partial charge in [-0.15, -0.1) is 0 Å². The van der Waals surface area contributed by atoms with Crippen molar-refractivity contribution in [1.29, 1.82) is 0 Å². The number of carbonyl (C=O) groups is 1. The van der Waals surface area contributed by atoms with Gasteiger partial charge in [-0.25, -0.2) is 0 Å². The van der Waals surface area contributed by atoms with Crippen molar-refractivity contribution in [2.45, 2.75) is 38.3 Å². The SMILES string of the molecule is CN(CCc1ccccc1)C(=O)c1ccc2c(c1)Cc1cccc(c1)CN(C1CCOCC1)CCOCCO2. The van der Waals surface area contributed by atoms with Gasteiger partial charge in [-0.05, 0) is 59.7 Å². The fraction of sp³-hybridized carbons (Fsp3) is 0.424. The number of carbonyl (C=O) groups excluding carboxylic acids is 1. The molecule has 6 nitrogen and oxygen atoms in total. The normalized spacial score (nSPS) is 17.5. The van der Waals surface area contributed by atoms with Gasteiger partial charge in [0.25, 0.3) is 5.91 Å². The molecule has 2 bridgehead atoms. The predicted octanol–water partition coefficient (Wildman–Crippen LogP) is 4.98. The van der Waals surface area contributed by atoms with Gasteiger partial charge in [0.2, 0.25) is 0 Å². The predicted molar refractivity (Wildman–Crippen MR) is 153 cm³/mol. The van der Waals surface area contributed by atoms with Gasteiger partial charge in [-0.3, -0.25) is 9.69 Å². The highest BCUT2D eigenvalue weighted by molar-refractivity contribution is 5.94. The van der Waals surface area contributed by atoms with Crippen LogP contribution in [0.15, 0.2) is 72.8 Å². The van der Waals surface area contributed by atoms with E-state index in [0.29, 0.717) is 44.4 Å². The number of rotatable bonds is 5. The lowest BCUT2D eigenvalue weighted by molar-refractivity contribution is 0.0133. The first-order chi connectivity index (χ1) is 19.2. The van der Waals surface area contributed by atoms with Crippen LogP contribution >= 0.6 is 0 Å². The van der Waals surface area contributed by atoms with Crippen LogP contribution in [0, 0.1) is 0 Å². The van der Waals surface area contributed by atoms with Gasteiger partial charge in [0.15, 0.2) is 0 Å². The van der Waals surface area contributed by atoms with Crippen LogP contribution in [0.5, 0.6) is 5.75 Å². The van der Waals surface area contributed by atoms with Crippen molar-refractivity contribution in [3.8, 4) is 5.75 Å². The van der Waals surface area contributed by atoms with Crippen molar-refractivity contribution in [3.63, 3.8) is 0 Å². The Hall–Kier alpha value is -3.19. The van der Waals surface area contributed by atoms with E-state index >= 15 is 0 Å². The quantitative estimate of drug-likeness (QED) is 0.468. The Labute approximate surface area is 232 Å². The van der Waals surface area contributed by atoms with E-state index in [1.165, 1.54) is 16.7 Å². The summed E-state index contributed by atoms with van der Waals surface area (Å²) < 4.78 is 17.7. The number of nitrogens with zero attached hydrogens (tertiary/aromatic N) is 2. The summed E-state index contributed by atoms with van der Waals surface area (Å²) in [5, 5.41) is 0. The van der Waals surface area contributed by atoms with Gasteiger partial charge in [-0.1, -0.05) is 54.6 Å². The molecule has 3 aromatic carbocycles. The Bertz CT molecular complexity index is 1210. The first-order valence-electron chi connectivity index (χ1n) is 14.2. The van der Waals surface area contributed by atoms with E-state index < -0.39 is 0 Å². The van der Waals surface area contributed by atoms with Crippen LogP contribution in [0.25, 0.3) is 0 Å². The highest BCUT2D eigenvalue weighted by Crippen LogP contribution is 2.26. The third-order valence-corrected chi connectivity index (χ3v) is 7.72. The molecule has 3 aromatic rings. The van der Waals surface area contributed by atoms with Gasteiger partial charge in [-0.2, -0.15) is 0 Å². The zero-order valence-corrected chi connectivity index (χ0v) is 23.0. The molecule has 1 fully saturated rings. The van der Waals surface area contributed by atoms with Gasteiger partial charge in [0.1, 0.15) is 12.4 Å². The lowest BCUT2D eigenvalue weighted by Crippen LogP contribution is -2.41. The Morgan fingerprint density at radius 1 is 0.872 bits per heavy atom. The number of fused-ring (bicyclic) bond motifs is 3. The first-order valence-corrected chi connectivity index (χ1v) is 14.2. The third kappa shape index (κ3) is 7.69. The summed E-state index contributed by atoms with van der Waals surface area (Å²) in [7, 11) is 1.87. The summed E-state index contributed by atoms with van der Waals surface area (Å²) in [6.07, 6.45) is 3.66. The molecule has 0 radical (unpaired) electrons. The molecule has 2 aliphatic heterocycles. The number of likely N-dealkylation sites (N-methyl/N-ethyl adjacent to an activating group) is 1. The molecule has 1 amide bonds. The summed E-state index contributed by atoms with van der Waals surface area (Å²) in [6.45, 7) is 5.81. The van der Waals surface area contributed by atoms with E-state index in [1.807, 2.05) is 43.4 Å². The number of benzene rings is 3. The zero-order chi connectivity index (χ0) is 26.9. The molecule has 0 N–H and O–H groups in total. The first kappa shape index (κ1) is 27.4. The van der Waals surface area contributed by atoms with E-state index in [0.717, 1.165) is 56.9 Å². The average molecular weight is 529 g/mol. The minimum absolute atomic E-state index is 0.0253. The number of hydrogen-bond acceptors (Lipinski definition) is 5. The third-order valence-electron chi connectivity index (χ3n) is 7.72. The van der Waals surface area contributed by atoms with Crippen LogP contribution in [0.4, 0.5) is 0 Å². The zero-order valence-electron chi connectivity index (χ0n) is 23.0. The number of hydrogen-bond donors (Lipinski definition) is 0. The molecule has 0 aromatic heterocycles. The highest BCUT2D eigenvalue weighted by atomic mass is 16.5. The Kier molecular flexibility index (Phi) is 9.65. The van der Waals surface area contributed by atoms with E-state index in [1.54, 1.807) is 4.90 Å². The van der Waals surface area contributed by atoms with Crippen molar-refractivity contribution in [1.82, 2.24) is 9.80 Å². The lowest BCUT2D eigenvalue weighted by atomic mass is 9.99. The molecule has 2 heterocycles. The second-order valence-electron chi connectivity index (χ2n) is 10.6. The van der Waals surface area contributed by atoms with E-state index in [-0.39, 0.29) is 5.91 Å². The van der Waals surface area contributed by atoms with Crippen LogP contribution in [-0.4, -0.2) is 74.9 Å². The number of ether oxygens (including phenoxy) is 3. The Morgan fingerprint density at radius 3 is 2.51 bits per heavy atom. The van der Waals surface area contributed by atoms with Gasteiger partial charge in [0, 0.05) is 57.9 Å². The van der Waals surface area contributed by atoms with Crippen LogP contribution in [0.3, 0.4) is 0 Å². The van der Waals surface area contributed by atoms with Crippen molar-refractivity contribution in [2.75, 3.05) is 53.2 Å². The molecule has 5 rings (SSSR count). The van der Waals surface area contributed by atoms with Crippen molar-refractivity contribution < 1.29 is 19.0 Å². The molecule has 0 unspecified atom stereocenters. The largest absolute Gasteiger partial charge is 0.491 e. The maximum Gasteiger partial charge on any atom is 0.253 e. The van der Waals surface area contributed by atoms with E-state index in [9.17, 15) is 4.79 Å². The highest BCUT2D eigenvalue weighted by Gasteiger charge is 2.22. The standard InChI is InChI=1S/C33H40N2O4/c1-34(15-12-26-6-3-2-4-7-26)33(36)29-10-11-32-30(24-29)23-27-8-5-9-28(22-27)25-35(16-19-38-20-21-39-32)31-13-17-37-18-14-31/h2-11,22,24,31H,12-21,23,25H2,1H3.